The van der Waals surface area contributed by atoms with E-state index in [0.717, 1.165) is 0 Å². The van der Waals surface area contributed by atoms with Gasteiger partial charge in [-0.05, 0) is 12.8 Å². The maximum absolute atomic E-state index is 11.5. The number of aromatic hydroxyl groups is 1. The monoisotopic (exact) mass is 281 g/mol. The highest BCUT2D eigenvalue weighted by Crippen LogP contribution is 2.20. The minimum absolute atomic E-state index is 0.0872. The smallest absolute Gasteiger partial charge is 0.333 e. The van der Waals surface area contributed by atoms with E-state index in [1.165, 1.54) is 12.3 Å². The third-order valence-electron chi connectivity index (χ3n) is 2.96. The van der Waals surface area contributed by atoms with E-state index in [2.05, 4.69) is 0 Å². The number of carbonyl (C=O) groups is 3. The third-order valence-corrected chi connectivity index (χ3v) is 2.96. The van der Waals surface area contributed by atoms with Gasteiger partial charge in [0.05, 0.1) is 6.26 Å². The van der Waals surface area contributed by atoms with Gasteiger partial charge in [-0.1, -0.05) is 0 Å². The van der Waals surface area contributed by atoms with E-state index in [0.29, 0.717) is 30.1 Å². The first-order valence-electron chi connectivity index (χ1n) is 6.40. The zero-order valence-corrected chi connectivity index (χ0v) is 10.8. The quantitative estimate of drug-likeness (QED) is 0.623. The van der Waals surface area contributed by atoms with E-state index in [4.69, 9.17) is 9.25 Å². The van der Waals surface area contributed by atoms with Gasteiger partial charge < -0.3 is 14.4 Å². The number of amides is 2. The van der Waals surface area contributed by atoms with Crippen LogP contribution < -0.4 is 0 Å². The summed E-state index contributed by atoms with van der Waals surface area (Å²) in [5, 5.41) is 9.88. The van der Waals surface area contributed by atoms with Crippen molar-refractivity contribution in [3.05, 3.63) is 18.1 Å². The minimum Gasteiger partial charge on any atom is -0.504 e. The van der Waals surface area contributed by atoms with Crippen molar-refractivity contribution in [2.45, 2.75) is 38.5 Å². The van der Waals surface area contributed by atoms with Crippen molar-refractivity contribution in [3.8, 4) is 5.75 Å². The molecule has 7 heteroatoms. The Bertz CT molecular complexity index is 505. The fraction of sp³-hybridized carbons (Fsp3) is 0.462. The molecule has 1 aromatic rings. The summed E-state index contributed by atoms with van der Waals surface area (Å²) in [5.74, 6) is -1.01. The first kappa shape index (κ1) is 14.1. The molecule has 108 valence electrons. The van der Waals surface area contributed by atoms with Crippen LogP contribution in [0.25, 0.3) is 0 Å². The minimum atomic E-state index is -0.614. The number of unbranched alkanes of at least 4 members (excludes halogenated alkanes) is 1. The molecule has 1 saturated heterocycles. The maximum Gasteiger partial charge on any atom is 0.333 e. The van der Waals surface area contributed by atoms with Crippen LogP contribution in [0, 0.1) is 0 Å². The Morgan fingerprint density at radius 3 is 2.60 bits per heavy atom. The molecule has 0 spiro atoms. The van der Waals surface area contributed by atoms with Crippen molar-refractivity contribution in [1.82, 2.24) is 5.06 Å². The fourth-order valence-electron chi connectivity index (χ4n) is 1.88. The number of aryl methyl sites for hydroxylation is 1. The lowest BCUT2D eigenvalue weighted by molar-refractivity contribution is -0.197. The van der Waals surface area contributed by atoms with Crippen LogP contribution in [0.2, 0.25) is 0 Å². The lowest BCUT2D eigenvalue weighted by Crippen LogP contribution is -2.31. The van der Waals surface area contributed by atoms with Gasteiger partial charge in [-0.15, -0.1) is 5.06 Å². The van der Waals surface area contributed by atoms with Gasteiger partial charge in [-0.2, -0.15) is 0 Å². The number of hydroxylamine groups is 2. The van der Waals surface area contributed by atoms with E-state index >= 15 is 0 Å². The predicted molar refractivity (Wildman–Crippen MR) is 65.1 cm³/mol. The first-order valence-corrected chi connectivity index (χ1v) is 6.40. The largest absolute Gasteiger partial charge is 0.504 e. The summed E-state index contributed by atoms with van der Waals surface area (Å²) in [6, 6.07) is 1.45. The molecule has 7 nitrogen and oxygen atoms in total. The Hall–Kier alpha value is -2.31. The van der Waals surface area contributed by atoms with Gasteiger partial charge in [0, 0.05) is 31.7 Å². The highest BCUT2D eigenvalue weighted by Gasteiger charge is 2.32. The molecule has 0 unspecified atom stereocenters. The van der Waals surface area contributed by atoms with Gasteiger partial charge in [0.1, 0.15) is 5.76 Å². The SMILES string of the molecule is O=C(CCCCc1occc1O)ON1C(=O)CCC1=O. The molecule has 0 radical (unpaired) electrons. The van der Waals surface area contributed by atoms with E-state index in [9.17, 15) is 19.5 Å². The van der Waals surface area contributed by atoms with Crippen LogP contribution in [-0.4, -0.2) is 28.0 Å². The fourth-order valence-corrected chi connectivity index (χ4v) is 1.88. The zero-order chi connectivity index (χ0) is 14.5. The number of hydrogen-bond donors (Lipinski definition) is 1. The highest BCUT2D eigenvalue weighted by atomic mass is 16.7. The van der Waals surface area contributed by atoms with Crippen LogP contribution in [-0.2, 0) is 25.6 Å². The van der Waals surface area contributed by atoms with Crippen molar-refractivity contribution < 1.29 is 28.7 Å². The summed E-state index contributed by atoms with van der Waals surface area (Å²) in [6.45, 7) is 0. The van der Waals surface area contributed by atoms with Gasteiger partial charge in [0.25, 0.3) is 11.8 Å². The van der Waals surface area contributed by atoms with Gasteiger partial charge in [0.15, 0.2) is 5.75 Å². The second kappa shape index (κ2) is 6.23. The molecule has 0 atom stereocenters. The highest BCUT2D eigenvalue weighted by molar-refractivity contribution is 6.01. The molecule has 1 aliphatic heterocycles. The molecule has 1 N–H and O–H groups in total. The van der Waals surface area contributed by atoms with Crippen LogP contribution in [0.5, 0.6) is 5.75 Å². The molecule has 1 aliphatic rings. The molecule has 1 aromatic heterocycles. The summed E-state index contributed by atoms with van der Waals surface area (Å²) >= 11 is 0. The summed E-state index contributed by atoms with van der Waals surface area (Å²) in [5.41, 5.74) is 0. The molecule has 0 aliphatic carbocycles. The van der Waals surface area contributed by atoms with Crippen LogP contribution in [0.3, 0.4) is 0 Å². The lowest BCUT2D eigenvalue weighted by Gasteiger charge is -2.12. The first-order chi connectivity index (χ1) is 9.58. The molecule has 0 saturated carbocycles. The molecular weight excluding hydrogens is 266 g/mol. The molecule has 1 fully saturated rings. The summed E-state index contributed by atoms with van der Waals surface area (Å²) in [7, 11) is 0. The van der Waals surface area contributed by atoms with Crippen molar-refractivity contribution in [1.29, 1.82) is 0 Å². The normalized spacial score (nSPS) is 14.9. The second-order valence-corrected chi connectivity index (χ2v) is 4.48. The van der Waals surface area contributed by atoms with E-state index in [-0.39, 0.29) is 25.0 Å². The Kier molecular flexibility index (Phi) is 4.39. The van der Waals surface area contributed by atoms with Gasteiger partial charge in [0.2, 0.25) is 0 Å². The van der Waals surface area contributed by atoms with Crippen LogP contribution in [0.1, 0.15) is 37.9 Å². The number of hydrogen-bond acceptors (Lipinski definition) is 6. The second-order valence-electron chi connectivity index (χ2n) is 4.48. The van der Waals surface area contributed by atoms with Crippen molar-refractivity contribution in [2.75, 3.05) is 0 Å². The third kappa shape index (κ3) is 3.37. The predicted octanol–water partition coefficient (Wildman–Crippen LogP) is 1.31. The van der Waals surface area contributed by atoms with Crippen molar-refractivity contribution in [2.24, 2.45) is 0 Å². The Morgan fingerprint density at radius 2 is 2.00 bits per heavy atom. The standard InChI is InChI=1S/C13H15NO6/c15-9-7-8-19-10(9)3-1-2-4-13(18)20-14-11(16)5-6-12(14)17/h7-8,15H,1-6H2. The number of carbonyl (C=O) groups excluding carboxylic acids is 3. The van der Waals surface area contributed by atoms with Gasteiger partial charge in [-0.3, -0.25) is 9.59 Å². The number of nitrogens with zero attached hydrogens (tertiary/aromatic N) is 1. The summed E-state index contributed by atoms with van der Waals surface area (Å²) in [4.78, 5) is 38.7. The van der Waals surface area contributed by atoms with Crippen molar-refractivity contribution >= 4 is 17.8 Å². The zero-order valence-electron chi connectivity index (χ0n) is 10.8. The molecule has 2 amide bonds. The maximum atomic E-state index is 11.5. The number of furan rings is 1. The van der Waals surface area contributed by atoms with Crippen LogP contribution in [0.15, 0.2) is 16.7 Å². The lowest BCUT2D eigenvalue weighted by atomic mass is 10.1. The summed E-state index contributed by atoms with van der Waals surface area (Å²) < 4.78 is 5.04. The molecule has 20 heavy (non-hydrogen) atoms. The Balaban J connectivity index is 1.67. The Morgan fingerprint density at radius 1 is 1.30 bits per heavy atom. The Labute approximate surface area is 115 Å². The molecule has 2 rings (SSSR count). The van der Waals surface area contributed by atoms with E-state index < -0.39 is 17.8 Å². The van der Waals surface area contributed by atoms with E-state index in [1.54, 1.807) is 0 Å². The number of imide groups is 1. The summed E-state index contributed by atoms with van der Waals surface area (Å²) in [6.07, 6.45) is 3.30. The average molecular weight is 281 g/mol. The average Bonchev–Trinajstić information content (AvgIpc) is 2.95. The molecular formula is C13H15NO6. The molecule has 2 heterocycles. The van der Waals surface area contributed by atoms with Crippen LogP contribution in [0.4, 0.5) is 0 Å². The van der Waals surface area contributed by atoms with Crippen molar-refractivity contribution in [3.63, 3.8) is 0 Å². The number of rotatable bonds is 6. The van der Waals surface area contributed by atoms with Gasteiger partial charge in [-0.25, -0.2) is 4.79 Å². The topological polar surface area (TPSA) is 97.1 Å². The van der Waals surface area contributed by atoms with E-state index in [1.807, 2.05) is 0 Å². The van der Waals surface area contributed by atoms with Gasteiger partial charge >= 0.3 is 5.97 Å². The van der Waals surface area contributed by atoms with Crippen LogP contribution >= 0.6 is 0 Å². The molecule has 0 aromatic carbocycles. The molecule has 0 bridgehead atoms.